The highest BCUT2D eigenvalue weighted by Gasteiger charge is 2.49. The van der Waals surface area contributed by atoms with Crippen molar-refractivity contribution >= 4 is 5.91 Å². The first-order valence-electron chi connectivity index (χ1n) is 9.07. The van der Waals surface area contributed by atoms with E-state index in [1.807, 2.05) is 13.8 Å². The number of hydrogen-bond acceptors (Lipinski definition) is 4. The van der Waals surface area contributed by atoms with E-state index in [2.05, 4.69) is 4.74 Å². The molecule has 1 aliphatic carbocycles. The van der Waals surface area contributed by atoms with Crippen molar-refractivity contribution in [2.75, 3.05) is 6.54 Å². The molecular weight excluding hydrogens is 363 g/mol. The molecule has 150 valence electrons. The van der Waals surface area contributed by atoms with Crippen LogP contribution in [-0.2, 0) is 17.8 Å². The zero-order valence-electron chi connectivity index (χ0n) is 15.4. The molecule has 2 atom stereocenters. The third-order valence-corrected chi connectivity index (χ3v) is 5.82. The summed E-state index contributed by atoms with van der Waals surface area (Å²) in [5.41, 5.74) is 6.25. The molecule has 6 nitrogen and oxygen atoms in total. The van der Waals surface area contributed by atoms with E-state index in [0.29, 0.717) is 35.4 Å². The number of pyridine rings is 1. The van der Waals surface area contributed by atoms with Gasteiger partial charge in [-0.25, -0.2) is 0 Å². The van der Waals surface area contributed by atoms with Crippen LogP contribution in [0.3, 0.4) is 0 Å². The average Bonchev–Trinajstić information content (AvgIpc) is 2.95. The number of amides is 1. The molecule has 1 aliphatic heterocycles. The predicted molar refractivity (Wildman–Crippen MR) is 90.3 cm³/mol. The van der Waals surface area contributed by atoms with Gasteiger partial charge in [0.15, 0.2) is 11.4 Å². The van der Waals surface area contributed by atoms with Gasteiger partial charge in [-0.1, -0.05) is 13.8 Å². The van der Waals surface area contributed by atoms with Crippen molar-refractivity contribution in [3.8, 4) is 5.75 Å². The van der Waals surface area contributed by atoms with Crippen LogP contribution in [0.1, 0.15) is 44.4 Å². The third-order valence-electron chi connectivity index (χ3n) is 5.82. The van der Waals surface area contributed by atoms with Crippen molar-refractivity contribution in [2.45, 2.75) is 58.5 Å². The Morgan fingerprint density at radius 1 is 1.48 bits per heavy atom. The molecule has 0 saturated heterocycles. The number of alkyl halides is 3. The van der Waals surface area contributed by atoms with Gasteiger partial charge in [0, 0.05) is 18.2 Å². The summed E-state index contributed by atoms with van der Waals surface area (Å²) < 4.78 is 41.7. The number of carbonyl (C=O) groups excluding carboxylic acids is 1. The van der Waals surface area contributed by atoms with Gasteiger partial charge < -0.3 is 20.6 Å². The number of ether oxygens (including phenoxy) is 1. The number of carbonyl (C=O) groups is 1. The van der Waals surface area contributed by atoms with Gasteiger partial charge >= 0.3 is 6.36 Å². The van der Waals surface area contributed by atoms with Crippen LogP contribution >= 0.6 is 0 Å². The molecule has 1 fully saturated rings. The Labute approximate surface area is 155 Å². The quantitative estimate of drug-likeness (QED) is 0.637. The molecule has 2 aliphatic rings. The maximum atomic E-state index is 13.3. The molecule has 1 aromatic rings. The molecule has 9 heteroatoms. The Bertz CT molecular complexity index is 739. The van der Waals surface area contributed by atoms with Crippen LogP contribution in [0.2, 0.25) is 0 Å². The molecule has 2 unspecified atom stereocenters. The summed E-state index contributed by atoms with van der Waals surface area (Å²) in [6, 6.07) is 1.17. The molecule has 27 heavy (non-hydrogen) atoms. The van der Waals surface area contributed by atoms with E-state index in [1.54, 1.807) is 4.90 Å². The lowest BCUT2D eigenvalue weighted by molar-refractivity contribution is -0.615. The van der Waals surface area contributed by atoms with E-state index in [9.17, 15) is 23.2 Å². The zero-order valence-corrected chi connectivity index (χ0v) is 15.4. The van der Waals surface area contributed by atoms with Gasteiger partial charge in [0.05, 0.1) is 18.4 Å². The summed E-state index contributed by atoms with van der Waals surface area (Å²) >= 11 is 0. The minimum atomic E-state index is -4.88. The Balaban J connectivity index is 1.86. The number of hydrogen-bond donors (Lipinski definition) is 1. The fraction of sp³-hybridized carbons (Fsp3) is 0.667. The number of halogens is 3. The Morgan fingerprint density at radius 2 is 2.19 bits per heavy atom. The van der Waals surface area contributed by atoms with E-state index in [-0.39, 0.29) is 30.8 Å². The lowest BCUT2D eigenvalue weighted by Gasteiger charge is -2.39. The molecule has 1 amide bonds. The smallest absolute Gasteiger partial charge is 0.573 e. The number of aromatic nitrogens is 1. The number of rotatable bonds is 3. The summed E-state index contributed by atoms with van der Waals surface area (Å²) in [6.07, 6.45) is -1.74. The third kappa shape index (κ3) is 3.83. The lowest BCUT2D eigenvalue weighted by Crippen LogP contribution is -2.50. The minimum Gasteiger partial charge on any atom is -0.618 e. The molecule has 3 rings (SSSR count). The van der Waals surface area contributed by atoms with Crippen LogP contribution in [0.4, 0.5) is 13.2 Å². The van der Waals surface area contributed by atoms with Gasteiger partial charge in [0.2, 0.25) is 12.1 Å². The Hall–Kier alpha value is -2.03. The van der Waals surface area contributed by atoms with Crippen molar-refractivity contribution in [3.63, 3.8) is 0 Å². The van der Waals surface area contributed by atoms with Crippen molar-refractivity contribution in [1.82, 2.24) is 4.90 Å². The van der Waals surface area contributed by atoms with Crippen molar-refractivity contribution in [1.29, 1.82) is 0 Å². The molecule has 1 aromatic heterocycles. The van der Waals surface area contributed by atoms with Crippen molar-refractivity contribution < 1.29 is 27.4 Å². The maximum Gasteiger partial charge on any atom is 0.573 e. The van der Waals surface area contributed by atoms with E-state index in [4.69, 9.17) is 5.73 Å². The number of nitrogens with two attached hydrogens (primary N) is 1. The fourth-order valence-electron chi connectivity index (χ4n) is 4.32. The standard InChI is InChI=1S/C18H24F3N3O3/c1-11(2)17(5-3-13(22)8-17)16(25)23-6-4-15-12(9-23)7-14(10-24(15)26)27-18(19,20)21/h7,10-11,13H,3-6,8-9,22H2,1-2H3. The maximum absolute atomic E-state index is 13.3. The number of fused-ring (bicyclic) bond motifs is 1. The molecule has 0 radical (unpaired) electrons. The lowest BCUT2D eigenvalue weighted by atomic mass is 9.74. The van der Waals surface area contributed by atoms with Gasteiger partial charge in [-0.2, -0.15) is 4.73 Å². The van der Waals surface area contributed by atoms with Crippen molar-refractivity contribution in [2.24, 2.45) is 17.1 Å². The normalized spacial score (nSPS) is 25.6. The average molecular weight is 387 g/mol. The van der Waals surface area contributed by atoms with Crippen LogP contribution in [0, 0.1) is 16.5 Å². The monoisotopic (exact) mass is 387 g/mol. The van der Waals surface area contributed by atoms with E-state index >= 15 is 0 Å². The van der Waals surface area contributed by atoms with Crippen LogP contribution in [0.5, 0.6) is 5.75 Å². The highest BCUT2D eigenvalue weighted by Crippen LogP contribution is 2.45. The summed E-state index contributed by atoms with van der Waals surface area (Å²) in [5.74, 6) is -0.507. The molecule has 0 spiro atoms. The molecule has 1 saturated carbocycles. The highest BCUT2D eigenvalue weighted by molar-refractivity contribution is 5.83. The molecule has 2 heterocycles. The highest BCUT2D eigenvalue weighted by atomic mass is 19.4. The summed E-state index contributed by atoms with van der Waals surface area (Å²) in [4.78, 5) is 14.9. The van der Waals surface area contributed by atoms with Crippen LogP contribution in [0.25, 0.3) is 0 Å². The minimum absolute atomic E-state index is 0.0241. The first kappa shape index (κ1) is 19.7. The van der Waals surface area contributed by atoms with E-state index in [1.165, 1.54) is 6.07 Å². The van der Waals surface area contributed by atoms with E-state index < -0.39 is 17.5 Å². The van der Waals surface area contributed by atoms with Gasteiger partial charge in [0.1, 0.15) is 0 Å². The second-order valence-electron chi connectivity index (χ2n) is 7.81. The zero-order chi connectivity index (χ0) is 20.0. The second-order valence-corrected chi connectivity index (χ2v) is 7.81. The topological polar surface area (TPSA) is 82.5 Å². The first-order valence-corrected chi connectivity index (χ1v) is 9.07. The van der Waals surface area contributed by atoms with Gasteiger partial charge in [-0.3, -0.25) is 4.79 Å². The Morgan fingerprint density at radius 3 is 2.74 bits per heavy atom. The molecular formula is C18H24F3N3O3. The van der Waals surface area contributed by atoms with E-state index in [0.717, 1.165) is 12.6 Å². The fourth-order valence-corrected chi connectivity index (χ4v) is 4.32. The predicted octanol–water partition coefficient (Wildman–Crippen LogP) is 2.26. The van der Waals surface area contributed by atoms with Crippen LogP contribution in [-0.4, -0.2) is 29.8 Å². The first-order chi connectivity index (χ1) is 12.5. The molecule has 0 aromatic carbocycles. The number of nitrogens with zero attached hydrogens (tertiary/aromatic N) is 2. The molecule has 0 bridgehead atoms. The van der Waals surface area contributed by atoms with Crippen LogP contribution in [0.15, 0.2) is 12.3 Å². The van der Waals surface area contributed by atoms with Gasteiger partial charge in [-0.15, -0.1) is 13.2 Å². The Kier molecular flexibility index (Phi) is 5.00. The summed E-state index contributed by atoms with van der Waals surface area (Å²) in [5, 5.41) is 12.1. The van der Waals surface area contributed by atoms with Crippen LogP contribution < -0.4 is 15.2 Å². The summed E-state index contributed by atoms with van der Waals surface area (Å²) in [6.45, 7) is 4.44. The van der Waals surface area contributed by atoms with Gasteiger partial charge in [-0.05, 0) is 31.2 Å². The SMILES string of the molecule is CC(C)C1(C(=O)N2CCc3c(cc(OC(F)(F)F)c[n+]3[O-])C2)CCC(N)C1. The van der Waals surface area contributed by atoms with Gasteiger partial charge in [0.25, 0.3) is 0 Å². The molecule has 2 N–H and O–H groups in total. The second kappa shape index (κ2) is 6.85. The summed E-state index contributed by atoms with van der Waals surface area (Å²) in [7, 11) is 0. The largest absolute Gasteiger partial charge is 0.618 e. The van der Waals surface area contributed by atoms with Crippen molar-refractivity contribution in [3.05, 3.63) is 28.7 Å².